The first-order valence-corrected chi connectivity index (χ1v) is 5.82. The summed E-state index contributed by atoms with van der Waals surface area (Å²) < 4.78 is 0. The summed E-state index contributed by atoms with van der Waals surface area (Å²) in [6.07, 6.45) is 0.601. The Morgan fingerprint density at radius 2 is 2.12 bits per heavy atom. The lowest BCUT2D eigenvalue weighted by atomic mass is 9.97. The molecule has 2 rings (SSSR count). The lowest BCUT2D eigenvalue weighted by Crippen LogP contribution is -2.23. The number of hydrogen-bond donors (Lipinski definition) is 2. The summed E-state index contributed by atoms with van der Waals surface area (Å²) in [7, 11) is 4.13. The fourth-order valence-electron chi connectivity index (χ4n) is 2.33. The van der Waals surface area contributed by atoms with Gasteiger partial charge in [0.05, 0.1) is 12.1 Å². The van der Waals surface area contributed by atoms with Gasteiger partial charge < -0.3 is 15.3 Å². The Bertz CT molecular complexity index is 352. The molecule has 1 aliphatic rings. The third-order valence-electron chi connectivity index (χ3n) is 3.07. The molecule has 2 atom stereocenters. The Morgan fingerprint density at radius 1 is 1.38 bits per heavy atom. The molecule has 0 aromatic heterocycles. The SMILES string of the molecule is CN(C)Cc1ccccc1C1NCCC1O. The summed E-state index contributed by atoms with van der Waals surface area (Å²) in [5, 5.41) is 13.3. The zero-order chi connectivity index (χ0) is 11.5. The Balaban J connectivity index is 2.25. The minimum atomic E-state index is -0.247. The quantitative estimate of drug-likeness (QED) is 0.802. The Morgan fingerprint density at radius 3 is 2.75 bits per heavy atom. The van der Waals surface area contributed by atoms with Crippen molar-refractivity contribution in [2.45, 2.75) is 25.1 Å². The van der Waals surface area contributed by atoms with Gasteiger partial charge in [-0.1, -0.05) is 24.3 Å². The molecule has 0 amide bonds. The highest BCUT2D eigenvalue weighted by Gasteiger charge is 2.27. The van der Waals surface area contributed by atoms with E-state index in [0.717, 1.165) is 19.5 Å². The molecule has 1 aliphatic heterocycles. The van der Waals surface area contributed by atoms with Gasteiger partial charge in [-0.15, -0.1) is 0 Å². The van der Waals surface area contributed by atoms with Crippen LogP contribution in [0.25, 0.3) is 0 Å². The number of rotatable bonds is 3. The average molecular weight is 220 g/mol. The van der Waals surface area contributed by atoms with Crippen molar-refractivity contribution in [3.05, 3.63) is 35.4 Å². The van der Waals surface area contributed by atoms with Crippen molar-refractivity contribution in [3.8, 4) is 0 Å². The van der Waals surface area contributed by atoms with Crippen LogP contribution in [0, 0.1) is 0 Å². The van der Waals surface area contributed by atoms with Crippen LogP contribution in [0.5, 0.6) is 0 Å². The van der Waals surface area contributed by atoms with Crippen LogP contribution in [0.15, 0.2) is 24.3 Å². The van der Waals surface area contributed by atoms with E-state index in [1.54, 1.807) is 0 Å². The summed E-state index contributed by atoms with van der Waals surface area (Å²) in [6, 6.07) is 8.47. The molecule has 1 aromatic carbocycles. The topological polar surface area (TPSA) is 35.5 Å². The number of nitrogens with zero attached hydrogens (tertiary/aromatic N) is 1. The van der Waals surface area contributed by atoms with Crippen LogP contribution in [0.2, 0.25) is 0 Å². The van der Waals surface area contributed by atoms with E-state index in [0.29, 0.717) is 0 Å². The van der Waals surface area contributed by atoms with E-state index < -0.39 is 0 Å². The molecule has 1 aromatic rings. The van der Waals surface area contributed by atoms with E-state index in [4.69, 9.17) is 0 Å². The molecule has 16 heavy (non-hydrogen) atoms. The van der Waals surface area contributed by atoms with Gasteiger partial charge in [-0.05, 0) is 38.2 Å². The molecular formula is C13H20N2O. The lowest BCUT2D eigenvalue weighted by molar-refractivity contribution is 0.159. The fourth-order valence-corrected chi connectivity index (χ4v) is 2.33. The number of aliphatic hydroxyl groups is 1. The van der Waals surface area contributed by atoms with Gasteiger partial charge in [-0.2, -0.15) is 0 Å². The second-order valence-corrected chi connectivity index (χ2v) is 4.72. The van der Waals surface area contributed by atoms with E-state index in [9.17, 15) is 5.11 Å². The monoisotopic (exact) mass is 220 g/mol. The second kappa shape index (κ2) is 4.95. The second-order valence-electron chi connectivity index (χ2n) is 4.72. The van der Waals surface area contributed by atoms with Crippen molar-refractivity contribution in [2.75, 3.05) is 20.6 Å². The van der Waals surface area contributed by atoms with Crippen LogP contribution >= 0.6 is 0 Å². The summed E-state index contributed by atoms with van der Waals surface area (Å²) in [5.41, 5.74) is 2.53. The minimum absolute atomic E-state index is 0.108. The Kier molecular flexibility index (Phi) is 3.59. The first kappa shape index (κ1) is 11.6. The third-order valence-corrected chi connectivity index (χ3v) is 3.07. The van der Waals surface area contributed by atoms with Crippen molar-refractivity contribution >= 4 is 0 Å². The molecule has 0 saturated carbocycles. The number of nitrogens with one attached hydrogen (secondary N) is 1. The van der Waals surface area contributed by atoms with Crippen molar-refractivity contribution in [1.29, 1.82) is 0 Å². The van der Waals surface area contributed by atoms with Gasteiger partial charge in [-0.3, -0.25) is 0 Å². The molecule has 0 spiro atoms. The van der Waals surface area contributed by atoms with Gasteiger partial charge >= 0.3 is 0 Å². The van der Waals surface area contributed by atoms with Crippen molar-refractivity contribution in [2.24, 2.45) is 0 Å². The van der Waals surface area contributed by atoms with Crippen LogP contribution in [0.4, 0.5) is 0 Å². The van der Waals surface area contributed by atoms with Crippen LogP contribution in [-0.4, -0.2) is 36.8 Å². The Hall–Kier alpha value is -0.900. The van der Waals surface area contributed by atoms with E-state index in [2.05, 4.69) is 42.5 Å². The van der Waals surface area contributed by atoms with Gasteiger partial charge in [0.25, 0.3) is 0 Å². The summed E-state index contributed by atoms with van der Waals surface area (Å²) in [6.45, 7) is 1.82. The number of benzene rings is 1. The number of hydrogen-bond acceptors (Lipinski definition) is 3. The molecule has 3 nitrogen and oxygen atoms in total. The Labute approximate surface area is 97.1 Å². The van der Waals surface area contributed by atoms with E-state index >= 15 is 0 Å². The molecule has 1 saturated heterocycles. The molecule has 1 heterocycles. The van der Waals surface area contributed by atoms with E-state index in [1.807, 2.05) is 6.07 Å². The average Bonchev–Trinajstić information content (AvgIpc) is 2.64. The summed E-state index contributed by atoms with van der Waals surface area (Å²) >= 11 is 0. The first-order valence-electron chi connectivity index (χ1n) is 5.82. The molecule has 0 aliphatic carbocycles. The van der Waals surface area contributed by atoms with Gasteiger partial charge in [0.2, 0.25) is 0 Å². The molecule has 2 N–H and O–H groups in total. The van der Waals surface area contributed by atoms with Crippen LogP contribution in [-0.2, 0) is 6.54 Å². The van der Waals surface area contributed by atoms with Crippen LogP contribution in [0.3, 0.4) is 0 Å². The van der Waals surface area contributed by atoms with Crippen LogP contribution in [0.1, 0.15) is 23.6 Å². The maximum atomic E-state index is 9.92. The van der Waals surface area contributed by atoms with Crippen molar-refractivity contribution in [1.82, 2.24) is 10.2 Å². The standard InChI is InChI=1S/C13H20N2O/c1-15(2)9-10-5-3-4-6-11(10)13-12(16)7-8-14-13/h3-6,12-14,16H,7-9H2,1-2H3. The normalized spacial score (nSPS) is 25.2. The molecule has 0 radical (unpaired) electrons. The molecule has 88 valence electrons. The molecular weight excluding hydrogens is 200 g/mol. The molecule has 3 heteroatoms. The first-order chi connectivity index (χ1) is 7.68. The summed E-state index contributed by atoms with van der Waals surface area (Å²) in [5.74, 6) is 0. The zero-order valence-corrected chi connectivity index (χ0v) is 9.98. The maximum Gasteiger partial charge on any atom is 0.0747 e. The predicted octanol–water partition coefficient (Wildman–Crippen LogP) is 1.14. The van der Waals surface area contributed by atoms with Gasteiger partial charge in [0.15, 0.2) is 0 Å². The predicted molar refractivity (Wildman–Crippen MR) is 65.2 cm³/mol. The fraction of sp³-hybridized carbons (Fsp3) is 0.538. The largest absolute Gasteiger partial charge is 0.391 e. The highest BCUT2D eigenvalue weighted by Crippen LogP contribution is 2.26. The van der Waals surface area contributed by atoms with Crippen molar-refractivity contribution in [3.63, 3.8) is 0 Å². The zero-order valence-electron chi connectivity index (χ0n) is 9.98. The highest BCUT2D eigenvalue weighted by atomic mass is 16.3. The third kappa shape index (κ3) is 2.43. The van der Waals surface area contributed by atoms with Gasteiger partial charge in [0, 0.05) is 6.54 Å². The van der Waals surface area contributed by atoms with Gasteiger partial charge in [0.1, 0.15) is 0 Å². The van der Waals surface area contributed by atoms with Crippen molar-refractivity contribution < 1.29 is 5.11 Å². The maximum absolute atomic E-state index is 9.92. The smallest absolute Gasteiger partial charge is 0.0747 e. The van der Waals surface area contributed by atoms with Gasteiger partial charge in [-0.25, -0.2) is 0 Å². The van der Waals surface area contributed by atoms with Crippen LogP contribution < -0.4 is 5.32 Å². The number of aliphatic hydroxyl groups excluding tert-OH is 1. The van der Waals surface area contributed by atoms with E-state index in [1.165, 1.54) is 11.1 Å². The molecule has 0 bridgehead atoms. The highest BCUT2D eigenvalue weighted by molar-refractivity contribution is 5.31. The van der Waals surface area contributed by atoms with E-state index in [-0.39, 0.29) is 12.1 Å². The summed E-state index contributed by atoms with van der Waals surface area (Å²) in [4.78, 5) is 2.15. The molecule has 1 fully saturated rings. The lowest BCUT2D eigenvalue weighted by Gasteiger charge is -2.21. The molecule has 2 unspecified atom stereocenters. The minimum Gasteiger partial charge on any atom is -0.391 e.